The van der Waals surface area contributed by atoms with E-state index < -0.39 is 0 Å². The standard InChI is InChI=1S/C16H17BrN2O2/c1-9-4-6-13(18)10(2)15(9)19-16(20)11-5-7-14(21-3)12(17)8-11/h4-8H,18H2,1-3H3,(H,19,20). The van der Waals surface area contributed by atoms with Gasteiger partial charge in [0, 0.05) is 16.9 Å². The number of benzene rings is 2. The van der Waals surface area contributed by atoms with Gasteiger partial charge in [-0.1, -0.05) is 6.07 Å². The van der Waals surface area contributed by atoms with Crippen LogP contribution in [0.25, 0.3) is 0 Å². The van der Waals surface area contributed by atoms with Crippen molar-refractivity contribution in [3.63, 3.8) is 0 Å². The van der Waals surface area contributed by atoms with Crippen molar-refractivity contribution in [2.24, 2.45) is 0 Å². The Hall–Kier alpha value is -2.01. The van der Waals surface area contributed by atoms with Gasteiger partial charge < -0.3 is 15.8 Å². The Kier molecular flexibility index (Phi) is 4.53. The van der Waals surface area contributed by atoms with Gasteiger partial charge in [0.15, 0.2) is 0 Å². The van der Waals surface area contributed by atoms with Crippen LogP contribution in [0, 0.1) is 13.8 Å². The van der Waals surface area contributed by atoms with Gasteiger partial charge in [0.1, 0.15) is 5.75 Å². The third kappa shape index (κ3) is 3.19. The summed E-state index contributed by atoms with van der Waals surface area (Å²) in [6, 6.07) is 8.92. The summed E-state index contributed by atoms with van der Waals surface area (Å²) in [6.07, 6.45) is 0. The number of halogens is 1. The lowest BCUT2D eigenvalue weighted by atomic mass is 10.1. The number of methoxy groups -OCH3 is 1. The highest BCUT2D eigenvalue weighted by molar-refractivity contribution is 9.10. The summed E-state index contributed by atoms with van der Waals surface area (Å²) in [5.41, 5.74) is 9.70. The van der Waals surface area contributed by atoms with Gasteiger partial charge in [-0.25, -0.2) is 0 Å². The molecule has 0 aliphatic heterocycles. The molecular formula is C16H17BrN2O2. The molecule has 0 heterocycles. The molecule has 2 aromatic rings. The number of hydrogen-bond donors (Lipinski definition) is 2. The molecule has 3 N–H and O–H groups in total. The minimum atomic E-state index is -0.185. The number of ether oxygens (including phenoxy) is 1. The first kappa shape index (κ1) is 15.4. The normalized spacial score (nSPS) is 10.3. The number of carbonyl (C=O) groups is 1. The topological polar surface area (TPSA) is 64.3 Å². The summed E-state index contributed by atoms with van der Waals surface area (Å²) >= 11 is 3.38. The Bertz CT molecular complexity index is 699. The van der Waals surface area contributed by atoms with Crippen LogP contribution in [0.15, 0.2) is 34.8 Å². The van der Waals surface area contributed by atoms with Gasteiger partial charge in [-0.2, -0.15) is 0 Å². The van der Waals surface area contributed by atoms with Gasteiger partial charge in [0.25, 0.3) is 5.91 Å². The number of rotatable bonds is 3. The van der Waals surface area contributed by atoms with Crippen LogP contribution in [0.1, 0.15) is 21.5 Å². The van der Waals surface area contributed by atoms with Crippen molar-refractivity contribution in [3.05, 3.63) is 51.5 Å². The molecule has 0 atom stereocenters. The van der Waals surface area contributed by atoms with Crippen LogP contribution in [0.4, 0.5) is 11.4 Å². The van der Waals surface area contributed by atoms with Crippen molar-refractivity contribution in [2.75, 3.05) is 18.2 Å². The molecule has 1 amide bonds. The van der Waals surface area contributed by atoms with Gasteiger partial charge in [-0.15, -0.1) is 0 Å². The van der Waals surface area contributed by atoms with Crippen LogP contribution < -0.4 is 15.8 Å². The monoisotopic (exact) mass is 348 g/mol. The molecule has 5 heteroatoms. The Labute approximate surface area is 132 Å². The minimum absolute atomic E-state index is 0.185. The lowest BCUT2D eigenvalue weighted by Crippen LogP contribution is -2.14. The van der Waals surface area contributed by atoms with E-state index in [4.69, 9.17) is 10.5 Å². The largest absolute Gasteiger partial charge is 0.496 e. The number of hydrogen-bond acceptors (Lipinski definition) is 3. The summed E-state index contributed by atoms with van der Waals surface area (Å²) in [5.74, 6) is 0.498. The van der Waals surface area contributed by atoms with E-state index in [1.165, 1.54) is 0 Å². The van der Waals surface area contributed by atoms with Gasteiger partial charge in [0.2, 0.25) is 0 Å². The molecule has 0 fully saturated rings. The molecule has 0 aliphatic rings. The molecule has 2 rings (SSSR count). The highest BCUT2D eigenvalue weighted by Gasteiger charge is 2.12. The SMILES string of the molecule is COc1ccc(C(=O)Nc2c(C)ccc(N)c2C)cc1Br. The molecule has 0 unspecified atom stereocenters. The zero-order chi connectivity index (χ0) is 15.6. The van der Waals surface area contributed by atoms with E-state index in [0.717, 1.165) is 21.3 Å². The second kappa shape index (κ2) is 6.18. The van der Waals surface area contributed by atoms with Gasteiger partial charge in [0.05, 0.1) is 11.6 Å². The Morgan fingerprint density at radius 1 is 1.24 bits per heavy atom. The Morgan fingerprint density at radius 2 is 1.95 bits per heavy atom. The van der Waals surface area contributed by atoms with E-state index in [9.17, 15) is 4.79 Å². The lowest BCUT2D eigenvalue weighted by molar-refractivity contribution is 0.102. The van der Waals surface area contributed by atoms with Gasteiger partial charge in [-0.05, 0) is 65.2 Å². The summed E-state index contributed by atoms with van der Waals surface area (Å²) in [7, 11) is 1.58. The number of carbonyl (C=O) groups excluding carboxylic acids is 1. The Morgan fingerprint density at radius 3 is 2.57 bits per heavy atom. The van der Waals surface area contributed by atoms with Crippen molar-refractivity contribution in [1.82, 2.24) is 0 Å². The van der Waals surface area contributed by atoms with Crippen LogP contribution in [0.5, 0.6) is 5.75 Å². The fraction of sp³-hybridized carbons (Fsp3) is 0.188. The summed E-state index contributed by atoms with van der Waals surface area (Å²) in [6.45, 7) is 3.83. The summed E-state index contributed by atoms with van der Waals surface area (Å²) < 4.78 is 5.89. The van der Waals surface area contributed by atoms with Crippen LogP contribution in [0.2, 0.25) is 0 Å². The predicted molar refractivity (Wildman–Crippen MR) is 89.0 cm³/mol. The third-order valence-electron chi connectivity index (χ3n) is 3.37. The number of nitrogens with one attached hydrogen (secondary N) is 1. The first-order chi connectivity index (χ1) is 9.93. The number of aryl methyl sites for hydroxylation is 1. The second-order valence-corrected chi connectivity index (χ2v) is 5.63. The molecule has 0 aliphatic carbocycles. The molecule has 0 saturated carbocycles. The average Bonchev–Trinajstić information content (AvgIpc) is 2.47. The van der Waals surface area contributed by atoms with Crippen LogP contribution in [-0.2, 0) is 0 Å². The average molecular weight is 349 g/mol. The number of amides is 1. The fourth-order valence-corrected chi connectivity index (χ4v) is 2.59. The van der Waals surface area contributed by atoms with Crippen molar-refractivity contribution >= 4 is 33.2 Å². The van der Waals surface area contributed by atoms with E-state index in [1.54, 1.807) is 25.3 Å². The molecular weight excluding hydrogens is 332 g/mol. The molecule has 2 aromatic carbocycles. The molecule has 110 valence electrons. The molecule has 0 spiro atoms. The highest BCUT2D eigenvalue weighted by Crippen LogP contribution is 2.28. The Balaban J connectivity index is 2.30. The zero-order valence-corrected chi connectivity index (χ0v) is 13.7. The molecule has 21 heavy (non-hydrogen) atoms. The zero-order valence-electron chi connectivity index (χ0n) is 12.2. The fourth-order valence-electron chi connectivity index (χ4n) is 2.05. The highest BCUT2D eigenvalue weighted by atomic mass is 79.9. The molecule has 0 aromatic heterocycles. The maximum atomic E-state index is 12.4. The maximum absolute atomic E-state index is 12.4. The van der Waals surface area contributed by atoms with Crippen molar-refractivity contribution < 1.29 is 9.53 Å². The van der Waals surface area contributed by atoms with Crippen LogP contribution in [0.3, 0.4) is 0 Å². The van der Waals surface area contributed by atoms with E-state index in [2.05, 4.69) is 21.2 Å². The van der Waals surface area contributed by atoms with Crippen molar-refractivity contribution in [1.29, 1.82) is 0 Å². The predicted octanol–water partition coefficient (Wildman–Crippen LogP) is 3.91. The number of nitrogen functional groups attached to an aromatic ring is 1. The smallest absolute Gasteiger partial charge is 0.255 e. The number of nitrogens with two attached hydrogens (primary N) is 1. The lowest BCUT2D eigenvalue weighted by Gasteiger charge is -2.14. The minimum Gasteiger partial charge on any atom is -0.496 e. The second-order valence-electron chi connectivity index (χ2n) is 4.78. The van der Waals surface area contributed by atoms with Crippen LogP contribution >= 0.6 is 15.9 Å². The van der Waals surface area contributed by atoms with E-state index in [1.807, 2.05) is 26.0 Å². The molecule has 0 radical (unpaired) electrons. The van der Waals surface area contributed by atoms with Gasteiger partial charge >= 0.3 is 0 Å². The van der Waals surface area contributed by atoms with E-state index >= 15 is 0 Å². The first-order valence-electron chi connectivity index (χ1n) is 6.44. The number of anilines is 2. The summed E-state index contributed by atoms with van der Waals surface area (Å²) in [4.78, 5) is 12.4. The first-order valence-corrected chi connectivity index (χ1v) is 7.24. The molecule has 0 bridgehead atoms. The molecule has 0 saturated heterocycles. The maximum Gasteiger partial charge on any atom is 0.255 e. The van der Waals surface area contributed by atoms with E-state index in [0.29, 0.717) is 17.0 Å². The van der Waals surface area contributed by atoms with Crippen LogP contribution in [-0.4, -0.2) is 13.0 Å². The quantitative estimate of drug-likeness (QED) is 0.826. The van der Waals surface area contributed by atoms with Crippen molar-refractivity contribution in [2.45, 2.75) is 13.8 Å². The third-order valence-corrected chi connectivity index (χ3v) is 3.99. The molecule has 4 nitrogen and oxygen atoms in total. The van der Waals surface area contributed by atoms with E-state index in [-0.39, 0.29) is 5.91 Å². The van der Waals surface area contributed by atoms with Gasteiger partial charge in [-0.3, -0.25) is 4.79 Å². The van der Waals surface area contributed by atoms with Crippen molar-refractivity contribution in [3.8, 4) is 5.75 Å². The summed E-state index contributed by atoms with van der Waals surface area (Å²) in [5, 5.41) is 2.92.